The second kappa shape index (κ2) is 8.95. The summed E-state index contributed by atoms with van der Waals surface area (Å²) >= 11 is 17.0. The average molecular weight is 469 g/mol. The van der Waals surface area contributed by atoms with Gasteiger partial charge in [-0.3, -0.25) is 24.7 Å². The molecule has 30 heavy (non-hydrogen) atoms. The van der Waals surface area contributed by atoms with Gasteiger partial charge in [-0.2, -0.15) is 0 Å². The van der Waals surface area contributed by atoms with Gasteiger partial charge in [0.1, 0.15) is 11.9 Å². The molecule has 1 heterocycles. The summed E-state index contributed by atoms with van der Waals surface area (Å²) in [6, 6.07) is 8.47. The van der Waals surface area contributed by atoms with E-state index in [4.69, 9.17) is 35.4 Å². The molecule has 156 valence electrons. The number of thiocarbonyl (C=S) groups is 1. The van der Waals surface area contributed by atoms with Crippen LogP contribution in [0.1, 0.15) is 16.8 Å². The van der Waals surface area contributed by atoms with Gasteiger partial charge in [0.2, 0.25) is 5.91 Å². The molecule has 1 unspecified atom stereocenters. The van der Waals surface area contributed by atoms with Crippen LogP contribution in [0.4, 0.5) is 10.1 Å². The van der Waals surface area contributed by atoms with Crippen molar-refractivity contribution in [1.82, 2.24) is 15.3 Å². The van der Waals surface area contributed by atoms with Gasteiger partial charge in [-0.1, -0.05) is 29.3 Å². The molecule has 7 nitrogen and oxygen atoms in total. The zero-order chi connectivity index (χ0) is 22.0. The largest absolute Gasteiger partial charge is 0.326 e. The van der Waals surface area contributed by atoms with Gasteiger partial charge in [-0.15, -0.1) is 0 Å². The highest BCUT2D eigenvalue weighted by Crippen LogP contribution is 2.23. The Hall–Kier alpha value is -2.75. The topological polar surface area (TPSA) is 81.8 Å². The van der Waals surface area contributed by atoms with Gasteiger partial charge in [-0.05, 0) is 48.6 Å². The average Bonchev–Trinajstić information content (AvgIpc) is 2.85. The van der Waals surface area contributed by atoms with Gasteiger partial charge in [0.25, 0.3) is 11.8 Å². The number of carbonyl (C=O) groups excluding carboxylic acids is 3. The van der Waals surface area contributed by atoms with Crippen molar-refractivity contribution in [2.75, 3.05) is 12.4 Å². The standard InChI is InChI=1S/C19H15Cl2FN4O3S/c1-25-18(29)15(9-16(27)23-14-7-11(20)6-12(21)8-14)26(19(25)30)24-17(28)10-3-2-4-13(22)5-10/h2-8,15H,9H2,1H3,(H,23,27)(H,24,28). The summed E-state index contributed by atoms with van der Waals surface area (Å²) in [7, 11) is 1.43. The molecule has 1 aliphatic rings. The molecule has 3 rings (SSSR count). The molecule has 0 spiro atoms. The fourth-order valence-corrected chi connectivity index (χ4v) is 3.63. The Balaban J connectivity index is 1.75. The number of nitrogens with one attached hydrogen (secondary N) is 2. The van der Waals surface area contributed by atoms with E-state index in [1.807, 2.05) is 0 Å². The maximum Gasteiger partial charge on any atom is 0.269 e. The minimum absolute atomic E-state index is 0.00773. The number of likely N-dealkylation sites (N-methyl/N-ethyl adjacent to an activating group) is 1. The number of rotatable bonds is 5. The molecule has 2 aromatic carbocycles. The zero-order valence-corrected chi connectivity index (χ0v) is 17.8. The lowest BCUT2D eigenvalue weighted by atomic mass is 10.2. The summed E-state index contributed by atoms with van der Waals surface area (Å²) in [5.74, 6) is -2.25. The summed E-state index contributed by atoms with van der Waals surface area (Å²) < 4.78 is 13.4. The highest BCUT2D eigenvalue weighted by atomic mass is 35.5. The zero-order valence-electron chi connectivity index (χ0n) is 15.5. The van der Waals surface area contributed by atoms with Crippen LogP contribution in [0.15, 0.2) is 42.5 Å². The van der Waals surface area contributed by atoms with Gasteiger partial charge >= 0.3 is 0 Å². The third-order valence-corrected chi connectivity index (χ3v) is 5.16. The van der Waals surface area contributed by atoms with E-state index in [0.29, 0.717) is 15.7 Å². The Morgan fingerprint density at radius 2 is 1.83 bits per heavy atom. The smallest absolute Gasteiger partial charge is 0.269 e. The SMILES string of the molecule is CN1C(=O)C(CC(=O)Nc2cc(Cl)cc(Cl)c2)N(NC(=O)c2cccc(F)c2)C1=S. The lowest BCUT2D eigenvalue weighted by molar-refractivity contribution is -0.130. The monoisotopic (exact) mass is 468 g/mol. The minimum Gasteiger partial charge on any atom is -0.326 e. The maximum atomic E-state index is 13.4. The molecule has 1 saturated heterocycles. The third kappa shape index (κ3) is 4.86. The Kier molecular flexibility index (Phi) is 6.55. The number of amides is 3. The molecule has 3 amide bonds. The molecule has 1 atom stereocenters. The van der Waals surface area contributed by atoms with Crippen molar-refractivity contribution < 1.29 is 18.8 Å². The molecule has 1 aliphatic heterocycles. The molecule has 1 fully saturated rings. The molecule has 0 aromatic heterocycles. The molecule has 11 heteroatoms. The summed E-state index contributed by atoms with van der Waals surface area (Å²) in [5, 5.41) is 4.40. The number of anilines is 1. The molecule has 2 aromatic rings. The lowest BCUT2D eigenvalue weighted by Gasteiger charge is -2.24. The number of benzene rings is 2. The Bertz CT molecular complexity index is 1030. The second-order valence-electron chi connectivity index (χ2n) is 6.43. The molecule has 2 N–H and O–H groups in total. The van der Waals surface area contributed by atoms with Crippen molar-refractivity contribution in [3.05, 3.63) is 63.9 Å². The van der Waals surface area contributed by atoms with E-state index in [1.54, 1.807) is 0 Å². The van der Waals surface area contributed by atoms with E-state index in [-0.39, 0.29) is 17.1 Å². The molecule has 0 aliphatic carbocycles. The van der Waals surface area contributed by atoms with Gasteiger partial charge in [0.05, 0.1) is 6.42 Å². The highest BCUT2D eigenvalue weighted by molar-refractivity contribution is 7.80. The molecule has 0 radical (unpaired) electrons. The normalized spacial score (nSPS) is 16.1. The van der Waals surface area contributed by atoms with Crippen molar-refractivity contribution in [1.29, 1.82) is 0 Å². The molecule has 0 bridgehead atoms. The van der Waals surface area contributed by atoms with Crippen LogP contribution in [-0.4, -0.2) is 45.8 Å². The minimum atomic E-state index is -1.07. The highest BCUT2D eigenvalue weighted by Gasteiger charge is 2.42. The van der Waals surface area contributed by atoms with Crippen LogP contribution in [0.3, 0.4) is 0 Å². The van der Waals surface area contributed by atoms with Crippen LogP contribution in [-0.2, 0) is 9.59 Å². The third-order valence-electron chi connectivity index (χ3n) is 4.25. The number of hydrogen-bond donors (Lipinski definition) is 2. The first-order valence-electron chi connectivity index (χ1n) is 8.59. The number of nitrogens with zero attached hydrogens (tertiary/aromatic N) is 2. The summed E-state index contributed by atoms with van der Waals surface area (Å²) in [5.41, 5.74) is 2.87. The van der Waals surface area contributed by atoms with Crippen LogP contribution in [0.25, 0.3) is 0 Å². The summed E-state index contributed by atoms with van der Waals surface area (Å²) in [4.78, 5) is 38.7. The lowest BCUT2D eigenvalue weighted by Crippen LogP contribution is -2.49. The number of halogens is 3. The van der Waals surface area contributed by atoms with E-state index in [2.05, 4.69) is 10.7 Å². The van der Waals surface area contributed by atoms with Crippen molar-refractivity contribution in [3.63, 3.8) is 0 Å². The van der Waals surface area contributed by atoms with E-state index >= 15 is 0 Å². The van der Waals surface area contributed by atoms with Crippen LogP contribution in [0, 0.1) is 5.82 Å². The van der Waals surface area contributed by atoms with Gasteiger partial charge in [0, 0.05) is 28.3 Å². The predicted molar refractivity (Wildman–Crippen MR) is 115 cm³/mol. The number of carbonyl (C=O) groups is 3. The second-order valence-corrected chi connectivity index (χ2v) is 7.67. The Morgan fingerprint density at radius 1 is 1.17 bits per heavy atom. The van der Waals surface area contributed by atoms with Crippen LogP contribution >= 0.6 is 35.4 Å². The Labute approximate surface area is 186 Å². The van der Waals surface area contributed by atoms with E-state index in [1.165, 1.54) is 43.4 Å². The maximum absolute atomic E-state index is 13.4. The number of hydrazine groups is 1. The Morgan fingerprint density at radius 3 is 2.47 bits per heavy atom. The van der Waals surface area contributed by atoms with Crippen LogP contribution in [0.5, 0.6) is 0 Å². The van der Waals surface area contributed by atoms with Crippen LogP contribution < -0.4 is 10.7 Å². The van der Waals surface area contributed by atoms with Gasteiger partial charge in [0.15, 0.2) is 5.11 Å². The first-order chi connectivity index (χ1) is 14.2. The quantitative estimate of drug-likeness (QED) is 0.658. The molecular weight excluding hydrogens is 454 g/mol. The van der Waals surface area contributed by atoms with Crippen LogP contribution in [0.2, 0.25) is 10.0 Å². The first-order valence-corrected chi connectivity index (χ1v) is 9.75. The van der Waals surface area contributed by atoms with Crippen molar-refractivity contribution in [2.24, 2.45) is 0 Å². The molecule has 0 saturated carbocycles. The van der Waals surface area contributed by atoms with Crippen molar-refractivity contribution in [3.8, 4) is 0 Å². The molecular formula is C19H15Cl2FN4O3S. The van der Waals surface area contributed by atoms with E-state index in [9.17, 15) is 18.8 Å². The van der Waals surface area contributed by atoms with Crippen molar-refractivity contribution in [2.45, 2.75) is 12.5 Å². The van der Waals surface area contributed by atoms with E-state index in [0.717, 1.165) is 16.0 Å². The van der Waals surface area contributed by atoms with Gasteiger partial charge in [-0.25, -0.2) is 9.40 Å². The number of hydrogen-bond acceptors (Lipinski definition) is 4. The van der Waals surface area contributed by atoms with Gasteiger partial charge < -0.3 is 5.32 Å². The predicted octanol–water partition coefficient (Wildman–Crippen LogP) is 3.23. The fourth-order valence-electron chi connectivity index (χ4n) is 2.84. The fraction of sp³-hybridized carbons (Fsp3) is 0.158. The summed E-state index contributed by atoms with van der Waals surface area (Å²) in [6.07, 6.45) is -0.309. The van der Waals surface area contributed by atoms with E-state index < -0.39 is 29.6 Å². The van der Waals surface area contributed by atoms with Crippen molar-refractivity contribution >= 4 is 63.9 Å². The summed E-state index contributed by atoms with van der Waals surface area (Å²) in [6.45, 7) is 0. The first kappa shape index (κ1) is 21.9.